The fraction of sp³-hybridized carbons (Fsp3) is 1.00. The number of rotatable bonds is 3. The summed E-state index contributed by atoms with van der Waals surface area (Å²) >= 11 is 0. The van der Waals surface area contributed by atoms with E-state index in [9.17, 15) is 8.78 Å². The van der Waals surface area contributed by atoms with Crippen molar-refractivity contribution in [2.24, 2.45) is 0 Å². The normalized spacial score (nSPS) is 30.6. The molecule has 0 bridgehead atoms. The number of alkyl halides is 2. The van der Waals surface area contributed by atoms with Crippen LogP contribution in [0.4, 0.5) is 8.78 Å². The number of nitrogens with zero attached hydrogens (tertiary/aromatic N) is 1. The molecule has 1 aliphatic heterocycles. The molecule has 1 saturated heterocycles. The molecule has 2 nitrogen and oxygen atoms in total. The van der Waals surface area contributed by atoms with Crippen LogP contribution in [0.2, 0.25) is 0 Å². The molecule has 0 aromatic rings. The van der Waals surface area contributed by atoms with E-state index in [1.54, 1.807) is 0 Å². The van der Waals surface area contributed by atoms with Crippen LogP contribution in [0.15, 0.2) is 0 Å². The van der Waals surface area contributed by atoms with E-state index in [0.29, 0.717) is 19.4 Å². The van der Waals surface area contributed by atoms with Crippen molar-refractivity contribution < 1.29 is 8.78 Å². The minimum atomic E-state index is -2.26. The van der Waals surface area contributed by atoms with Crippen LogP contribution in [0.5, 0.6) is 0 Å². The van der Waals surface area contributed by atoms with Crippen molar-refractivity contribution in [2.45, 2.75) is 38.2 Å². The van der Waals surface area contributed by atoms with E-state index >= 15 is 0 Å². The summed E-state index contributed by atoms with van der Waals surface area (Å²) in [5.74, 6) is 0. The first-order chi connectivity index (χ1) is 6.60. The third-order valence-electron chi connectivity index (χ3n) is 3.05. The standard InChI is InChI=1S/C10H20F2N2/c1-3-13-10(9(11)12)5-4-7-14(2)8-6-10/h9,13H,3-8H2,1-2H3. The van der Waals surface area contributed by atoms with Gasteiger partial charge in [-0.25, -0.2) is 8.78 Å². The Balaban J connectivity index is 2.65. The van der Waals surface area contributed by atoms with Crippen molar-refractivity contribution >= 4 is 0 Å². The average Bonchev–Trinajstić information content (AvgIpc) is 2.30. The molecule has 1 aliphatic rings. The second-order valence-electron chi connectivity index (χ2n) is 4.14. The van der Waals surface area contributed by atoms with Crippen LogP contribution >= 0.6 is 0 Å². The average molecular weight is 206 g/mol. The van der Waals surface area contributed by atoms with Gasteiger partial charge in [-0.2, -0.15) is 0 Å². The molecule has 1 rings (SSSR count). The van der Waals surface area contributed by atoms with Crippen LogP contribution in [0.25, 0.3) is 0 Å². The molecule has 4 heteroatoms. The van der Waals surface area contributed by atoms with Crippen molar-refractivity contribution in [2.75, 3.05) is 26.7 Å². The molecule has 14 heavy (non-hydrogen) atoms. The van der Waals surface area contributed by atoms with Gasteiger partial charge in [-0.15, -0.1) is 0 Å². The third-order valence-corrected chi connectivity index (χ3v) is 3.05. The van der Waals surface area contributed by atoms with Crippen LogP contribution < -0.4 is 5.32 Å². The first-order valence-corrected chi connectivity index (χ1v) is 5.32. The molecule has 1 unspecified atom stereocenters. The van der Waals surface area contributed by atoms with Crippen LogP contribution in [-0.2, 0) is 0 Å². The van der Waals surface area contributed by atoms with Gasteiger partial charge >= 0.3 is 0 Å². The number of likely N-dealkylation sites (tertiary alicyclic amines) is 1. The molecule has 1 fully saturated rings. The Morgan fingerprint density at radius 3 is 2.64 bits per heavy atom. The quantitative estimate of drug-likeness (QED) is 0.756. The number of nitrogens with one attached hydrogen (secondary N) is 1. The summed E-state index contributed by atoms with van der Waals surface area (Å²) in [6.45, 7) is 4.20. The topological polar surface area (TPSA) is 15.3 Å². The molecule has 0 radical (unpaired) electrons. The van der Waals surface area contributed by atoms with Gasteiger partial charge in [-0.05, 0) is 45.9 Å². The van der Waals surface area contributed by atoms with E-state index in [4.69, 9.17) is 0 Å². The highest BCUT2D eigenvalue weighted by molar-refractivity contribution is 4.93. The van der Waals surface area contributed by atoms with Crippen LogP contribution in [0.1, 0.15) is 26.2 Å². The summed E-state index contributed by atoms with van der Waals surface area (Å²) in [5, 5.41) is 2.98. The Morgan fingerprint density at radius 2 is 2.07 bits per heavy atom. The van der Waals surface area contributed by atoms with Gasteiger partial charge in [-0.1, -0.05) is 6.92 Å². The Kier molecular flexibility index (Phi) is 4.26. The molecule has 1 N–H and O–H groups in total. The molecule has 0 aliphatic carbocycles. The Hall–Kier alpha value is -0.220. The van der Waals surface area contributed by atoms with Crippen molar-refractivity contribution in [1.82, 2.24) is 10.2 Å². The zero-order valence-corrected chi connectivity index (χ0v) is 9.02. The maximum absolute atomic E-state index is 13.0. The third kappa shape index (κ3) is 2.64. The molecule has 0 saturated carbocycles. The van der Waals surface area contributed by atoms with Gasteiger partial charge in [0.1, 0.15) is 0 Å². The fourth-order valence-corrected chi connectivity index (χ4v) is 2.12. The molecule has 0 aromatic carbocycles. The molecule has 0 amide bonds. The molecule has 84 valence electrons. The highest BCUT2D eigenvalue weighted by Gasteiger charge is 2.39. The van der Waals surface area contributed by atoms with E-state index in [1.165, 1.54) is 0 Å². The lowest BCUT2D eigenvalue weighted by molar-refractivity contribution is 0.0216. The minimum Gasteiger partial charge on any atom is -0.307 e. The molecule has 1 atom stereocenters. The first kappa shape index (κ1) is 11.9. The SMILES string of the molecule is CCNC1(C(F)F)CCCN(C)CC1. The second-order valence-corrected chi connectivity index (χ2v) is 4.14. The number of hydrogen-bond donors (Lipinski definition) is 1. The monoisotopic (exact) mass is 206 g/mol. The van der Waals surface area contributed by atoms with Gasteiger partial charge in [0.2, 0.25) is 0 Å². The van der Waals surface area contributed by atoms with E-state index in [2.05, 4.69) is 10.2 Å². The highest BCUT2D eigenvalue weighted by Crippen LogP contribution is 2.28. The second kappa shape index (κ2) is 5.03. The lowest BCUT2D eigenvalue weighted by Gasteiger charge is -2.32. The highest BCUT2D eigenvalue weighted by atomic mass is 19.3. The van der Waals surface area contributed by atoms with Gasteiger partial charge in [0.25, 0.3) is 6.43 Å². The van der Waals surface area contributed by atoms with Gasteiger partial charge in [0.15, 0.2) is 0 Å². The lowest BCUT2D eigenvalue weighted by Crippen LogP contribution is -2.51. The van der Waals surface area contributed by atoms with E-state index in [-0.39, 0.29) is 0 Å². The Labute approximate surface area is 84.7 Å². The summed E-state index contributed by atoms with van der Waals surface area (Å²) < 4.78 is 26.0. The van der Waals surface area contributed by atoms with Crippen LogP contribution in [-0.4, -0.2) is 43.5 Å². The Bertz CT molecular complexity index is 176. The van der Waals surface area contributed by atoms with E-state index in [1.807, 2.05) is 14.0 Å². The van der Waals surface area contributed by atoms with Crippen molar-refractivity contribution in [3.8, 4) is 0 Å². The largest absolute Gasteiger partial charge is 0.307 e. The fourth-order valence-electron chi connectivity index (χ4n) is 2.12. The van der Waals surface area contributed by atoms with Crippen molar-refractivity contribution in [3.63, 3.8) is 0 Å². The molecular weight excluding hydrogens is 186 g/mol. The summed E-state index contributed by atoms with van der Waals surface area (Å²) in [6, 6.07) is 0. The maximum atomic E-state index is 13.0. The number of hydrogen-bond acceptors (Lipinski definition) is 2. The predicted octanol–water partition coefficient (Wildman–Crippen LogP) is 1.72. The first-order valence-electron chi connectivity index (χ1n) is 5.32. The maximum Gasteiger partial charge on any atom is 0.256 e. The summed E-state index contributed by atoms with van der Waals surface area (Å²) in [7, 11) is 1.99. The summed E-state index contributed by atoms with van der Waals surface area (Å²) in [6.07, 6.45) is -0.264. The van der Waals surface area contributed by atoms with Crippen LogP contribution in [0.3, 0.4) is 0 Å². The van der Waals surface area contributed by atoms with E-state index in [0.717, 1.165) is 19.5 Å². The van der Waals surface area contributed by atoms with Gasteiger partial charge in [-0.3, -0.25) is 0 Å². The summed E-state index contributed by atoms with van der Waals surface area (Å²) in [5.41, 5.74) is -0.931. The zero-order chi connectivity index (χ0) is 10.6. The molecular formula is C10H20F2N2. The lowest BCUT2D eigenvalue weighted by atomic mass is 9.91. The molecule has 1 heterocycles. The zero-order valence-electron chi connectivity index (χ0n) is 9.02. The predicted molar refractivity (Wildman–Crippen MR) is 53.8 cm³/mol. The van der Waals surface area contributed by atoms with Crippen LogP contribution in [0, 0.1) is 0 Å². The molecule has 0 aromatic heterocycles. The number of halogens is 2. The van der Waals surface area contributed by atoms with Crippen molar-refractivity contribution in [1.29, 1.82) is 0 Å². The summed E-state index contributed by atoms with van der Waals surface area (Å²) in [4.78, 5) is 2.13. The van der Waals surface area contributed by atoms with Crippen molar-refractivity contribution in [3.05, 3.63) is 0 Å². The van der Waals surface area contributed by atoms with E-state index < -0.39 is 12.0 Å². The van der Waals surface area contributed by atoms with Gasteiger partial charge in [0, 0.05) is 0 Å². The Morgan fingerprint density at radius 1 is 1.36 bits per heavy atom. The smallest absolute Gasteiger partial charge is 0.256 e. The minimum absolute atomic E-state index is 0.551. The molecule has 0 spiro atoms. The van der Waals surface area contributed by atoms with Gasteiger partial charge < -0.3 is 10.2 Å². The van der Waals surface area contributed by atoms with Gasteiger partial charge in [0.05, 0.1) is 5.54 Å².